The van der Waals surface area contributed by atoms with Gasteiger partial charge in [0.25, 0.3) is 0 Å². The summed E-state index contributed by atoms with van der Waals surface area (Å²) in [4.78, 5) is 0. The number of benzene rings is 1. The Morgan fingerprint density at radius 2 is 1.89 bits per heavy atom. The van der Waals surface area contributed by atoms with Crippen LogP contribution < -0.4 is 5.32 Å². The van der Waals surface area contributed by atoms with Crippen LogP contribution in [0.25, 0.3) is 0 Å². The minimum absolute atomic E-state index is 0.0706. The van der Waals surface area contributed by atoms with Gasteiger partial charge in [0.05, 0.1) is 5.69 Å². The molecule has 19 heavy (non-hydrogen) atoms. The molecule has 0 radical (unpaired) electrons. The zero-order chi connectivity index (χ0) is 14.0. The molecule has 1 atom stereocenters. The van der Waals surface area contributed by atoms with Crippen molar-refractivity contribution in [2.75, 3.05) is 0 Å². The van der Waals surface area contributed by atoms with Crippen molar-refractivity contribution in [3.8, 4) is 0 Å². The fourth-order valence-electron chi connectivity index (χ4n) is 2.12. The molecular formula is C14H17F2N3. The van der Waals surface area contributed by atoms with Crippen LogP contribution in [0.2, 0.25) is 0 Å². The smallest absolute Gasteiger partial charge is 0.130 e. The summed E-state index contributed by atoms with van der Waals surface area (Å²) in [6.07, 6.45) is 0. The summed E-state index contributed by atoms with van der Waals surface area (Å²) in [5, 5.41) is 10.1. The van der Waals surface area contributed by atoms with Gasteiger partial charge in [-0.15, -0.1) is 0 Å². The van der Waals surface area contributed by atoms with Crippen molar-refractivity contribution < 1.29 is 8.78 Å². The Morgan fingerprint density at radius 3 is 2.42 bits per heavy atom. The molecule has 0 saturated carbocycles. The van der Waals surface area contributed by atoms with Crippen LogP contribution >= 0.6 is 0 Å². The van der Waals surface area contributed by atoms with Gasteiger partial charge >= 0.3 is 0 Å². The predicted octanol–water partition coefficient (Wildman–Crippen LogP) is 3.16. The number of aryl methyl sites for hydroxylation is 2. The molecule has 0 spiro atoms. The van der Waals surface area contributed by atoms with E-state index in [1.165, 1.54) is 18.2 Å². The standard InChI is InChI=1S/C14H17F2N3/c1-8-11(9(2)19-18-8)7-17-10(3)14-12(15)5-4-6-13(14)16/h4-6,10,17H,7H2,1-3H3,(H,18,19). The van der Waals surface area contributed by atoms with Gasteiger partial charge in [-0.2, -0.15) is 5.10 Å². The van der Waals surface area contributed by atoms with Gasteiger partial charge in [-0.25, -0.2) is 8.78 Å². The van der Waals surface area contributed by atoms with E-state index >= 15 is 0 Å². The quantitative estimate of drug-likeness (QED) is 0.891. The Hall–Kier alpha value is -1.75. The van der Waals surface area contributed by atoms with Crippen molar-refractivity contribution >= 4 is 0 Å². The van der Waals surface area contributed by atoms with E-state index in [1.807, 2.05) is 13.8 Å². The molecule has 2 N–H and O–H groups in total. The van der Waals surface area contributed by atoms with Crippen LogP contribution in [0.4, 0.5) is 8.78 Å². The number of nitrogens with zero attached hydrogens (tertiary/aromatic N) is 1. The zero-order valence-electron chi connectivity index (χ0n) is 11.2. The Labute approximate surface area is 111 Å². The molecule has 0 bridgehead atoms. The third-order valence-corrected chi connectivity index (χ3v) is 3.30. The highest BCUT2D eigenvalue weighted by Gasteiger charge is 2.16. The van der Waals surface area contributed by atoms with Crippen molar-refractivity contribution in [1.82, 2.24) is 15.5 Å². The first kappa shape index (κ1) is 13.7. The number of hydrogen-bond acceptors (Lipinski definition) is 2. The van der Waals surface area contributed by atoms with E-state index in [0.717, 1.165) is 17.0 Å². The SMILES string of the molecule is Cc1n[nH]c(C)c1CNC(C)c1c(F)cccc1F. The van der Waals surface area contributed by atoms with E-state index in [2.05, 4.69) is 15.5 Å². The molecule has 1 unspecified atom stereocenters. The highest BCUT2D eigenvalue weighted by Crippen LogP contribution is 2.21. The van der Waals surface area contributed by atoms with E-state index in [9.17, 15) is 8.78 Å². The summed E-state index contributed by atoms with van der Waals surface area (Å²) in [7, 11) is 0. The number of aromatic nitrogens is 2. The number of H-pyrrole nitrogens is 1. The molecular weight excluding hydrogens is 248 g/mol. The molecule has 0 aliphatic heterocycles. The minimum atomic E-state index is -0.527. The average molecular weight is 265 g/mol. The van der Waals surface area contributed by atoms with Gasteiger partial charge < -0.3 is 5.32 Å². The Bertz CT molecular complexity index is 538. The molecule has 2 rings (SSSR count). The Morgan fingerprint density at radius 1 is 1.26 bits per heavy atom. The molecule has 0 aliphatic carbocycles. The molecule has 0 saturated heterocycles. The van der Waals surface area contributed by atoms with Crippen molar-refractivity contribution in [3.05, 3.63) is 52.3 Å². The van der Waals surface area contributed by atoms with Crippen LogP contribution in [0.1, 0.15) is 35.5 Å². The Kier molecular flexibility index (Phi) is 3.95. The summed E-state index contributed by atoms with van der Waals surface area (Å²) in [6.45, 7) is 6.08. The van der Waals surface area contributed by atoms with Crippen LogP contribution in [0, 0.1) is 25.5 Å². The summed E-state index contributed by atoms with van der Waals surface area (Å²) in [6, 6.07) is 3.50. The predicted molar refractivity (Wildman–Crippen MR) is 69.7 cm³/mol. The van der Waals surface area contributed by atoms with Gasteiger partial charge in [-0.3, -0.25) is 5.10 Å². The zero-order valence-corrected chi connectivity index (χ0v) is 11.2. The highest BCUT2D eigenvalue weighted by molar-refractivity contribution is 5.25. The van der Waals surface area contributed by atoms with Gasteiger partial charge in [-0.1, -0.05) is 6.07 Å². The molecule has 5 heteroatoms. The topological polar surface area (TPSA) is 40.7 Å². The number of rotatable bonds is 4. The third kappa shape index (κ3) is 2.81. The maximum Gasteiger partial charge on any atom is 0.130 e. The lowest BCUT2D eigenvalue weighted by atomic mass is 10.1. The lowest BCUT2D eigenvalue weighted by molar-refractivity contribution is 0.487. The monoisotopic (exact) mass is 265 g/mol. The van der Waals surface area contributed by atoms with Gasteiger partial charge in [0.1, 0.15) is 11.6 Å². The summed E-state index contributed by atoms with van der Waals surface area (Å²) in [5.74, 6) is -1.05. The first-order valence-electron chi connectivity index (χ1n) is 6.18. The summed E-state index contributed by atoms with van der Waals surface area (Å²) in [5.41, 5.74) is 2.96. The van der Waals surface area contributed by atoms with Crippen LogP contribution in [0.3, 0.4) is 0 Å². The number of aromatic amines is 1. The van der Waals surface area contributed by atoms with E-state index < -0.39 is 17.7 Å². The summed E-state index contributed by atoms with van der Waals surface area (Å²) >= 11 is 0. The molecule has 0 amide bonds. The van der Waals surface area contributed by atoms with Gasteiger partial charge in [0.2, 0.25) is 0 Å². The molecule has 1 heterocycles. The number of halogens is 2. The number of hydrogen-bond donors (Lipinski definition) is 2. The van der Waals surface area contributed by atoms with Crippen molar-refractivity contribution in [3.63, 3.8) is 0 Å². The Balaban J connectivity index is 2.12. The molecule has 0 fully saturated rings. The third-order valence-electron chi connectivity index (χ3n) is 3.30. The minimum Gasteiger partial charge on any atom is -0.306 e. The first-order chi connectivity index (χ1) is 9.00. The fourth-order valence-corrected chi connectivity index (χ4v) is 2.12. The lowest BCUT2D eigenvalue weighted by Crippen LogP contribution is -2.21. The van der Waals surface area contributed by atoms with Crippen LogP contribution in [-0.4, -0.2) is 10.2 Å². The second kappa shape index (κ2) is 5.48. The van der Waals surface area contributed by atoms with Crippen LogP contribution in [0.5, 0.6) is 0 Å². The van der Waals surface area contributed by atoms with Crippen molar-refractivity contribution in [1.29, 1.82) is 0 Å². The molecule has 102 valence electrons. The average Bonchev–Trinajstić information content (AvgIpc) is 2.66. The van der Waals surface area contributed by atoms with Crippen molar-refractivity contribution in [2.45, 2.75) is 33.4 Å². The highest BCUT2D eigenvalue weighted by atomic mass is 19.1. The molecule has 1 aromatic heterocycles. The molecule has 0 aliphatic rings. The normalized spacial score (nSPS) is 12.7. The van der Waals surface area contributed by atoms with Crippen LogP contribution in [-0.2, 0) is 6.54 Å². The van der Waals surface area contributed by atoms with Crippen molar-refractivity contribution in [2.24, 2.45) is 0 Å². The maximum atomic E-state index is 13.6. The van der Waals surface area contributed by atoms with E-state index in [0.29, 0.717) is 6.54 Å². The second-order valence-corrected chi connectivity index (χ2v) is 4.65. The number of nitrogens with one attached hydrogen (secondary N) is 2. The summed E-state index contributed by atoms with van der Waals surface area (Å²) < 4.78 is 27.3. The first-order valence-corrected chi connectivity index (χ1v) is 6.18. The maximum absolute atomic E-state index is 13.6. The molecule has 3 nitrogen and oxygen atoms in total. The van der Waals surface area contributed by atoms with Gasteiger partial charge in [0, 0.05) is 29.4 Å². The second-order valence-electron chi connectivity index (χ2n) is 4.65. The van der Waals surface area contributed by atoms with E-state index in [4.69, 9.17) is 0 Å². The largest absolute Gasteiger partial charge is 0.306 e. The van der Waals surface area contributed by atoms with E-state index in [-0.39, 0.29) is 5.56 Å². The lowest BCUT2D eigenvalue weighted by Gasteiger charge is -2.16. The molecule has 1 aromatic carbocycles. The van der Waals surface area contributed by atoms with Gasteiger partial charge in [-0.05, 0) is 32.9 Å². The van der Waals surface area contributed by atoms with E-state index in [1.54, 1.807) is 6.92 Å². The fraction of sp³-hybridized carbons (Fsp3) is 0.357. The van der Waals surface area contributed by atoms with Crippen LogP contribution in [0.15, 0.2) is 18.2 Å². The molecule has 2 aromatic rings. The van der Waals surface area contributed by atoms with Gasteiger partial charge in [0.15, 0.2) is 0 Å².